The SMILES string of the molecule is N#CCc1ccc(N2CCCC2)c(Br)c1. The van der Waals surface area contributed by atoms with Gasteiger partial charge in [-0.1, -0.05) is 6.07 Å². The molecule has 2 rings (SSSR count). The summed E-state index contributed by atoms with van der Waals surface area (Å²) in [7, 11) is 0. The van der Waals surface area contributed by atoms with E-state index in [1.807, 2.05) is 6.07 Å². The zero-order valence-corrected chi connectivity index (χ0v) is 10.1. The standard InChI is InChI=1S/C12H13BrN2/c13-11-9-10(5-6-14)3-4-12(11)15-7-1-2-8-15/h3-4,9H,1-2,5,7-8H2. The second-order valence-electron chi connectivity index (χ2n) is 3.81. The first-order valence-corrected chi connectivity index (χ1v) is 6.01. The summed E-state index contributed by atoms with van der Waals surface area (Å²) in [5.74, 6) is 0. The van der Waals surface area contributed by atoms with Crippen molar-refractivity contribution in [2.24, 2.45) is 0 Å². The highest BCUT2D eigenvalue weighted by molar-refractivity contribution is 9.10. The summed E-state index contributed by atoms with van der Waals surface area (Å²) < 4.78 is 1.11. The summed E-state index contributed by atoms with van der Waals surface area (Å²) in [4.78, 5) is 2.39. The van der Waals surface area contributed by atoms with E-state index in [2.05, 4.69) is 39.0 Å². The van der Waals surface area contributed by atoms with E-state index >= 15 is 0 Å². The van der Waals surface area contributed by atoms with Gasteiger partial charge in [0.2, 0.25) is 0 Å². The first-order chi connectivity index (χ1) is 7.31. The van der Waals surface area contributed by atoms with E-state index in [4.69, 9.17) is 5.26 Å². The first-order valence-electron chi connectivity index (χ1n) is 5.21. The molecule has 15 heavy (non-hydrogen) atoms. The highest BCUT2D eigenvalue weighted by Crippen LogP contribution is 2.29. The summed E-state index contributed by atoms with van der Waals surface area (Å²) in [5, 5.41) is 8.62. The van der Waals surface area contributed by atoms with Crippen LogP contribution in [0.3, 0.4) is 0 Å². The maximum Gasteiger partial charge on any atom is 0.0669 e. The first kappa shape index (κ1) is 10.5. The lowest BCUT2D eigenvalue weighted by atomic mass is 10.1. The molecular weight excluding hydrogens is 252 g/mol. The fourth-order valence-corrected chi connectivity index (χ4v) is 2.64. The van der Waals surface area contributed by atoms with Gasteiger partial charge in [-0.15, -0.1) is 0 Å². The van der Waals surface area contributed by atoms with Gasteiger partial charge in [0, 0.05) is 17.6 Å². The fraction of sp³-hybridized carbons (Fsp3) is 0.417. The van der Waals surface area contributed by atoms with Crippen LogP contribution in [-0.2, 0) is 6.42 Å². The molecule has 0 spiro atoms. The highest BCUT2D eigenvalue weighted by Gasteiger charge is 2.14. The minimum atomic E-state index is 0.485. The van der Waals surface area contributed by atoms with Gasteiger partial charge in [-0.2, -0.15) is 5.26 Å². The maximum absolute atomic E-state index is 8.62. The molecule has 1 aliphatic rings. The second-order valence-corrected chi connectivity index (χ2v) is 4.67. The van der Waals surface area contributed by atoms with E-state index in [9.17, 15) is 0 Å². The number of benzene rings is 1. The summed E-state index contributed by atoms with van der Waals surface area (Å²) in [6.07, 6.45) is 3.05. The highest BCUT2D eigenvalue weighted by atomic mass is 79.9. The van der Waals surface area contributed by atoms with E-state index in [-0.39, 0.29) is 0 Å². The number of hydrogen-bond acceptors (Lipinski definition) is 2. The molecule has 1 heterocycles. The quantitative estimate of drug-likeness (QED) is 0.821. The number of anilines is 1. The molecule has 1 fully saturated rings. The molecule has 0 radical (unpaired) electrons. The average Bonchev–Trinajstić information content (AvgIpc) is 2.71. The summed E-state index contributed by atoms with van der Waals surface area (Å²) in [6, 6.07) is 8.37. The van der Waals surface area contributed by atoms with Crippen LogP contribution < -0.4 is 4.90 Å². The van der Waals surface area contributed by atoms with E-state index < -0.39 is 0 Å². The Kier molecular flexibility index (Phi) is 3.27. The number of halogens is 1. The number of rotatable bonds is 2. The van der Waals surface area contributed by atoms with Crippen molar-refractivity contribution in [3.8, 4) is 6.07 Å². The van der Waals surface area contributed by atoms with Gasteiger partial charge in [-0.3, -0.25) is 0 Å². The smallest absolute Gasteiger partial charge is 0.0669 e. The van der Waals surface area contributed by atoms with Gasteiger partial charge < -0.3 is 4.90 Å². The number of nitriles is 1. The Bertz CT molecular complexity index is 389. The zero-order valence-electron chi connectivity index (χ0n) is 8.54. The summed E-state index contributed by atoms with van der Waals surface area (Å²) >= 11 is 3.58. The van der Waals surface area contributed by atoms with Crippen LogP contribution >= 0.6 is 15.9 Å². The Balaban J connectivity index is 2.22. The summed E-state index contributed by atoms with van der Waals surface area (Å²) in [6.45, 7) is 2.30. The molecule has 0 aromatic heterocycles. The Morgan fingerprint density at radius 1 is 1.33 bits per heavy atom. The monoisotopic (exact) mass is 264 g/mol. The normalized spacial score (nSPS) is 15.3. The van der Waals surface area contributed by atoms with Crippen LogP contribution in [0.25, 0.3) is 0 Å². The average molecular weight is 265 g/mol. The zero-order chi connectivity index (χ0) is 10.7. The van der Waals surface area contributed by atoms with Crippen molar-refractivity contribution < 1.29 is 0 Å². The van der Waals surface area contributed by atoms with Crippen LogP contribution in [0.1, 0.15) is 18.4 Å². The van der Waals surface area contributed by atoms with E-state index in [0.29, 0.717) is 6.42 Å². The van der Waals surface area contributed by atoms with Crippen LogP contribution in [0.15, 0.2) is 22.7 Å². The van der Waals surface area contributed by atoms with E-state index in [1.54, 1.807) is 0 Å². The molecule has 1 aromatic carbocycles. The van der Waals surface area contributed by atoms with Crippen LogP contribution in [0, 0.1) is 11.3 Å². The Morgan fingerprint density at radius 3 is 2.67 bits per heavy atom. The molecule has 0 unspecified atom stereocenters. The predicted molar refractivity (Wildman–Crippen MR) is 64.9 cm³/mol. The number of hydrogen-bond donors (Lipinski definition) is 0. The van der Waals surface area contributed by atoms with Crippen molar-refractivity contribution >= 4 is 21.6 Å². The molecule has 0 atom stereocenters. The minimum absolute atomic E-state index is 0.485. The molecule has 0 amide bonds. The van der Waals surface area contributed by atoms with Crippen LogP contribution in [0.2, 0.25) is 0 Å². The Hall–Kier alpha value is -1.01. The van der Waals surface area contributed by atoms with Gasteiger partial charge in [-0.05, 0) is 46.5 Å². The third-order valence-corrected chi connectivity index (χ3v) is 3.38. The van der Waals surface area contributed by atoms with Gasteiger partial charge in [0.15, 0.2) is 0 Å². The maximum atomic E-state index is 8.62. The van der Waals surface area contributed by atoms with Crippen molar-refractivity contribution in [1.82, 2.24) is 0 Å². The molecule has 1 aromatic rings. The molecule has 3 heteroatoms. The van der Waals surface area contributed by atoms with Crippen molar-refractivity contribution in [3.63, 3.8) is 0 Å². The topological polar surface area (TPSA) is 27.0 Å². The fourth-order valence-electron chi connectivity index (χ4n) is 1.97. The van der Waals surface area contributed by atoms with Gasteiger partial charge in [-0.25, -0.2) is 0 Å². The lowest BCUT2D eigenvalue weighted by molar-refractivity contribution is 0.949. The molecule has 0 saturated carbocycles. The van der Waals surface area contributed by atoms with E-state index in [0.717, 1.165) is 23.1 Å². The van der Waals surface area contributed by atoms with Crippen LogP contribution in [-0.4, -0.2) is 13.1 Å². The van der Waals surface area contributed by atoms with Gasteiger partial charge in [0.05, 0.1) is 18.2 Å². The van der Waals surface area contributed by atoms with Crippen molar-refractivity contribution in [1.29, 1.82) is 5.26 Å². The lowest BCUT2D eigenvalue weighted by Crippen LogP contribution is -2.17. The summed E-state index contributed by atoms with van der Waals surface area (Å²) in [5.41, 5.74) is 2.33. The van der Waals surface area contributed by atoms with Gasteiger partial charge in [0.1, 0.15) is 0 Å². The van der Waals surface area contributed by atoms with Gasteiger partial charge >= 0.3 is 0 Å². The van der Waals surface area contributed by atoms with Crippen molar-refractivity contribution in [2.75, 3.05) is 18.0 Å². The van der Waals surface area contributed by atoms with Crippen molar-refractivity contribution in [2.45, 2.75) is 19.3 Å². The van der Waals surface area contributed by atoms with Gasteiger partial charge in [0.25, 0.3) is 0 Å². The molecule has 0 bridgehead atoms. The second kappa shape index (κ2) is 4.67. The van der Waals surface area contributed by atoms with Crippen LogP contribution in [0.5, 0.6) is 0 Å². The number of nitrogens with zero attached hydrogens (tertiary/aromatic N) is 2. The molecular formula is C12H13BrN2. The van der Waals surface area contributed by atoms with E-state index in [1.165, 1.54) is 18.5 Å². The Labute approximate surface area is 98.6 Å². The molecule has 78 valence electrons. The minimum Gasteiger partial charge on any atom is -0.371 e. The Morgan fingerprint density at radius 2 is 2.07 bits per heavy atom. The van der Waals surface area contributed by atoms with Crippen LogP contribution in [0.4, 0.5) is 5.69 Å². The molecule has 0 aliphatic carbocycles. The molecule has 2 nitrogen and oxygen atoms in total. The molecule has 0 N–H and O–H groups in total. The third-order valence-electron chi connectivity index (χ3n) is 2.74. The predicted octanol–water partition coefficient (Wildman–Crippen LogP) is 3.12. The third kappa shape index (κ3) is 2.32. The molecule has 1 saturated heterocycles. The largest absolute Gasteiger partial charge is 0.371 e. The lowest BCUT2D eigenvalue weighted by Gasteiger charge is -2.19. The van der Waals surface area contributed by atoms with Crippen molar-refractivity contribution in [3.05, 3.63) is 28.2 Å². The molecule has 1 aliphatic heterocycles.